The SMILES string of the molecule is CC(=O)N1CCC2(CC1)OC(=O)C(C)=C2C(=O)Nc1cc(F)ccc1F. The minimum atomic E-state index is -1.15. The molecule has 2 aliphatic heterocycles. The van der Waals surface area contributed by atoms with E-state index >= 15 is 0 Å². The number of halogens is 2. The molecule has 1 aromatic carbocycles. The molecule has 6 nitrogen and oxygen atoms in total. The molecule has 0 radical (unpaired) electrons. The second-order valence-corrected chi connectivity index (χ2v) is 6.47. The van der Waals surface area contributed by atoms with Crippen molar-refractivity contribution in [1.82, 2.24) is 4.90 Å². The second-order valence-electron chi connectivity index (χ2n) is 6.47. The molecule has 0 unspecified atom stereocenters. The molecular formula is C18H18F2N2O4. The lowest BCUT2D eigenvalue weighted by Crippen LogP contribution is -2.49. The Hall–Kier alpha value is -2.77. The first-order chi connectivity index (χ1) is 12.2. The molecule has 0 aromatic heterocycles. The van der Waals surface area contributed by atoms with E-state index in [9.17, 15) is 23.2 Å². The highest BCUT2D eigenvalue weighted by Crippen LogP contribution is 2.41. The zero-order chi connectivity index (χ0) is 19.1. The van der Waals surface area contributed by atoms with E-state index in [0.29, 0.717) is 13.1 Å². The summed E-state index contributed by atoms with van der Waals surface area (Å²) in [5.41, 5.74) is -1.23. The first-order valence-electron chi connectivity index (χ1n) is 8.20. The van der Waals surface area contributed by atoms with Gasteiger partial charge in [-0.3, -0.25) is 9.59 Å². The Labute approximate surface area is 148 Å². The van der Waals surface area contributed by atoms with Crippen LogP contribution in [0.5, 0.6) is 0 Å². The Balaban J connectivity index is 1.88. The lowest BCUT2D eigenvalue weighted by Gasteiger charge is -2.39. The van der Waals surface area contributed by atoms with Gasteiger partial charge in [-0.1, -0.05) is 0 Å². The van der Waals surface area contributed by atoms with Gasteiger partial charge in [0.1, 0.15) is 17.2 Å². The molecule has 3 rings (SSSR count). The Morgan fingerprint density at radius 1 is 1.23 bits per heavy atom. The minimum absolute atomic E-state index is 0.0993. The summed E-state index contributed by atoms with van der Waals surface area (Å²) in [5, 5.41) is 2.32. The highest BCUT2D eigenvalue weighted by atomic mass is 19.1. The standard InChI is InChI=1S/C18H18F2N2O4/c1-10-15(16(24)21-14-9-12(19)3-4-13(14)20)18(26-17(10)25)5-7-22(8-6-18)11(2)23/h3-4,9H,5-8H2,1-2H3,(H,21,24). The van der Waals surface area contributed by atoms with Crippen LogP contribution in [0.15, 0.2) is 29.3 Å². The number of benzene rings is 1. The van der Waals surface area contributed by atoms with Gasteiger partial charge in [0.15, 0.2) is 0 Å². The van der Waals surface area contributed by atoms with Crippen LogP contribution < -0.4 is 5.32 Å². The number of nitrogens with one attached hydrogen (secondary N) is 1. The van der Waals surface area contributed by atoms with Crippen molar-refractivity contribution >= 4 is 23.5 Å². The average molecular weight is 364 g/mol. The number of likely N-dealkylation sites (tertiary alicyclic amines) is 1. The third-order valence-corrected chi connectivity index (χ3v) is 4.84. The average Bonchev–Trinajstić information content (AvgIpc) is 2.81. The van der Waals surface area contributed by atoms with E-state index in [4.69, 9.17) is 4.74 Å². The first kappa shape index (κ1) is 18.0. The van der Waals surface area contributed by atoms with Crippen molar-refractivity contribution in [3.63, 3.8) is 0 Å². The normalized spacial score (nSPS) is 18.9. The Kier molecular flexibility index (Phi) is 4.52. The van der Waals surface area contributed by atoms with Crippen LogP contribution in [-0.4, -0.2) is 41.4 Å². The molecule has 138 valence electrons. The van der Waals surface area contributed by atoms with Crippen LogP contribution in [0.4, 0.5) is 14.5 Å². The molecule has 0 saturated carbocycles. The summed E-state index contributed by atoms with van der Waals surface area (Å²) in [4.78, 5) is 37.9. The van der Waals surface area contributed by atoms with Gasteiger partial charge in [0, 0.05) is 44.5 Å². The van der Waals surface area contributed by atoms with Gasteiger partial charge >= 0.3 is 5.97 Å². The zero-order valence-corrected chi connectivity index (χ0v) is 14.4. The lowest BCUT2D eigenvalue weighted by molar-refractivity contribution is -0.152. The molecule has 1 spiro atoms. The van der Waals surface area contributed by atoms with E-state index in [0.717, 1.165) is 18.2 Å². The maximum absolute atomic E-state index is 13.8. The third kappa shape index (κ3) is 3.07. The molecule has 0 atom stereocenters. The molecule has 8 heteroatoms. The molecule has 1 saturated heterocycles. The Morgan fingerprint density at radius 2 is 1.88 bits per heavy atom. The fraction of sp³-hybridized carbons (Fsp3) is 0.389. The topological polar surface area (TPSA) is 75.7 Å². The monoisotopic (exact) mass is 364 g/mol. The molecule has 26 heavy (non-hydrogen) atoms. The van der Waals surface area contributed by atoms with Crippen molar-refractivity contribution in [1.29, 1.82) is 0 Å². The molecular weight excluding hydrogens is 346 g/mol. The van der Waals surface area contributed by atoms with E-state index in [1.807, 2.05) is 0 Å². The second kappa shape index (κ2) is 6.51. The maximum Gasteiger partial charge on any atom is 0.335 e. The number of nitrogens with zero attached hydrogens (tertiary/aromatic N) is 1. The Morgan fingerprint density at radius 3 is 2.50 bits per heavy atom. The van der Waals surface area contributed by atoms with E-state index in [-0.39, 0.29) is 35.6 Å². The van der Waals surface area contributed by atoms with E-state index in [1.54, 1.807) is 4.90 Å². The number of ether oxygens (including phenoxy) is 1. The van der Waals surface area contributed by atoms with Crippen LogP contribution in [0.1, 0.15) is 26.7 Å². The summed E-state index contributed by atoms with van der Waals surface area (Å²) in [6, 6.07) is 2.71. The molecule has 2 amide bonds. The third-order valence-electron chi connectivity index (χ3n) is 4.84. The van der Waals surface area contributed by atoms with Crippen LogP contribution in [0, 0.1) is 11.6 Å². The van der Waals surface area contributed by atoms with Gasteiger partial charge < -0.3 is 15.0 Å². The Bertz CT molecular complexity index is 826. The van der Waals surface area contributed by atoms with Gasteiger partial charge in [-0.25, -0.2) is 13.6 Å². The molecule has 0 bridgehead atoms. The van der Waals surface area contributed by atoms with E-state index < -0.39 is 29.1 Å². The van der Waals surface area contributed by atoms with Gasteiger partial charge in [-0.2, -0.15) is 0 Å². The number of amides is 2. The predicted molar refractivity (Wildman–Crippen MR) is 88.0 cm³/mol. The first-order valence-corrected chi connectivity index (χ1v) is 8.20. The molecule has 1 N–H and O–H groups in total. The smallest absolute Gasteiger partial charge is 0.335 e. The van der Waals surface area contributed by atoms with Gasteiger partial charge in [0.25, 0.3) is 5.91 Å². The molecule has 0 aliphatic carbocycles. The molecule has 2 heterocycles. The number of hydrogen-bond donors (Lipinski definition) is 1. The van der Waals surface area contributed by atoms with Crippen molar-refractivity contribution in [3.05, 3.63) is 41.0 Å². The van der Waals surface area contributed by atoms with Crippen molar-refractivity contribution < 1.29 is 27.9 Å². The predicted octanol–water partition coefficient (Wildman–Crippen LogP) is 2.16. The quantitative estimate of drug-likeness (QED) is 0.816. The molecule has 2 aliphatic rings. The highest BCUT2D eigenvalue weighted by Gasteiger charge is 2.51. The lowest BCUT2D eigenvalue weighted by atomic mass is 9.82. The maximum atomic E-state index is 13.8. The summed E-state index contributed by atoms with van der Waals surface area (Å²) in [6.07, 6.45) is 0.536. The van der Waals surface area contributed by atoms with Crippen molar-refractivity contribution in [3.8, 4) is 0 Å². The summed E-state index contributed by atoms with van der Waals surface area (Å²) in [5.74, 6) is -2.92. The van der Waals surface area contributed by atoms with E-state index in [2.05, 4.69) is 5.32 Å². The van der Waals surface area contributed by atoms with Crippen molar-refractivity contribution in [2.24, 2.45) is 0 Å². The van der Waals surface area contributed by atoms with Crippen molar-refractivity contribution in [2.45, 2.75) is 32.3 Å². The van der Waals surface area contributed by atoms with Gasteiger partial charge in [-0.15, -0.1) is 0 Å². The van der Waals surface area contributed by atoms with Gasteiger partial charge in [0.2, 0.25) is 5.91 Å². The van der Waals surface area contributed by atoms with Gasteiger partial charge in [0.05, 0.1) is 11.3 Å². The fourth-order valence-electron chi connectivity index (χ4n) is 3.44. The van der Waals surface area contributed by atoms with Crippen LogP contribution in [0.2, 0.25) is 0 Å². The summed E-state index contributed by atoms with van der Waals surface area (Å²) >= 11 is 0. The van der Waals surface area contributed by atoms with E-state index in [1.165, 1.54) is 13.8 Å². The summed E-state index contributed by atoms with van der Waals surface area (Å²) in [6.45, 7) is 3.58. The minimum Gasteiger partial charge on any atom is -0.450 e. The molecule has 1 fully saturated rings. The van der Waals surface area contributed by atoms with Crippen molar-refractivity contribution in [2.75, 3.05) is 18.4 Å². The zero-order valence-electron chi connectivity index (χ0n) is 14.4. The summed E-state index contributed by atoms with van der Waals surface area (Å²) < 4.78 is 32.6. The number of piperidine rings is 1. The van der Waals surface area contributed by atoms with Crippen LogP contribution in [-0.2, 0) is 19.1 Å². The van der Waals surface area contributed by atoms with Crippen LogP contribution in [0.25, 0.3) is 0 Å². The number of anilines is 1. The number of hydrogen-bond acceptors (Lipinski definition) is 4. The number of rotatable bonds is 2. The highest BCUT2D eigenvalue weighted by molar-refractivity contribution is 6.12. The number of esters is 1. The largest absolute Gasteiger partial charge is 0.450 e. The van der Waals surface area contributed by atoms with Crippen LogP contribution in [0.3, 0.4) is 0 Å². The van der Waals surface area contributed by atoms with Crippen LogP contribution >= 0.6 is 0 Å². The number of carbonyl (C=O) groups is 3. The molecule has 1 aromatic rings. The van der Waals surface area contributed by atoms with Gasteiger partial charge in [-0.05, 0) is 19.1 Å². The fourth-order valence-corrected chi connectivity index (χ4v) is 3.44. The summed E-state index contributed by atoms with van der Waals surface area (Å²) in [7, 11) is 0. The number of carbonyl (C=O) groups excluding carboxylic acids is 3.